The minimum atomic E-state index is -0.173. The van der Waals surface area contributed by atoms with Gasteiger partial charge in [0.05, 0.1) is 10.6 Å². The smallest absolute Gasteiger partial charge is 0.167 e. The molecule has 1 aromatic carbocycles. The molecule has 5 nitrogen and oxygen atoms in total. The third kappa shape index (κ3) is 2.28. The number of nitrogens with two attached hydrogens (primary N) is 2. The second-order valence-electron chi connectivity index (χ2n) is 3.77. The van der Waals surface area contributed by atoms with E-state index in [9.17, 15) is 0 Å². The predicted molar refractivity (Wildman–Crippen MR) is 81.2 cm³/mol. The lowest BCUT2D eigenvalue weighted by molar-refractivity contribution is 1.08. The SMILES string of the molecule is N#CC(C#N)=C(N)c1sc(=S)n(-c2ccccc2)c1N. The fraction of sp³-hybridized carbons (Fsp3) is 0. The summed E-state index contributed by atoms with van der Waals surface area (Å²) < 4.78 is 2.16. The molecule has 0 aliphatic heterocycles. The summed E-state index contributed by atoms with van der Waals surface area (Å²) >= 11 is 6.45. The molecule has 0 saturated heterocycles. The molecule has 7 heteroatoms. The molecule has 0 spiro atoms. The van der Waals surface area contributed by atoms with Crippen LogP contribution in [-0.4, -0.2) is 4.57 Å². The first-order chi connectivity index (χ1) is 9.60. The topological polar surface area (TPSA) is 105 Å². The number of thiazole rings is 1. The van der Waals surface area contributed by atoms with Gasteiger partial charge in [-0.15, -0.1) is 11.3 Å². The fourth-order valence-corrected chi connectivity index (χ4v) is 2.99. The Kier molecular flexibility index (Phi) is 3.85. The monoisotopic (exact) mass is 299 g/mol. The summed E-state index contributed by atoms with van der Waals surface area (Å²) in [6.45, 7) is 0. The summed E-state index contributed by atoms with van der Waals surface area (Å²) in [4.78, 5) is 0.442. The first-order valence-corrected chi connectivity index (χ1v) is 6.69. The quantitative estimate of drug-likeness (QED) is 0.655. The highest BCUT2D eigenvalue weighted by Crippen LogP contribution is 2.30. The normalized spacial score (nSPS) is 9.50. The van der Waals surface area contributed by atoms with Crippen LogP contribution in [0.2, 0.25) is 0 Å². The molecule has 0 radical (unpaired) electrons. The summed E-state index contributed by atoms with van der Waals surface area (Å²) in [6, 6.07) is 12.8. The van der Waals surface area contributed by atoms with Crippen molar-refractivity contribution in [2.45, 2.75) is 0 Å². The second-order valence-corrected chi connectivity index (χ2v) is 5.41. The van der Waals surface area contributed by atoms with Crippen LogP contribution in [0.1, 0.15) is 4.88 Å². The number of nitriles is 2. The lowest BCUT2D eigenvalue weighted by Gasteiger charge is -2.06. The standard InChI is InChI=1S/C13H9N5S2/c14-6-8(7-15)10(16)11-12(17)18(13(19)20-11)9-4-2-1-3-5-9/h1-5H,16-17H2. The number of para-hydroxylation sites is 1. The summed E-state index contributed by atoms with van der Waals surface area (Å²) in [6.07, 6.45) is 0. The maximum Gasteiger partial charge on any atom is 0.167 e. The summed E-state index contributed by atoms with van der Waals surface area (Å²) in [5.74, 6) is 0.326. The molecule has 4 N–H and O–H groups in total. The van der Waals surface area contributed by atoms with Crippen molar-refractivity contribution in [1.82, 2.24) is 4.57 Å². The number of nitrogens with zero attached hydrogens (tertiary/aromatic N) is 3. The van der Waals surface area contributed by atoms with Crippen molar-refractivity contribution >= 4 is 35.1 Å². The van der Waals surface area contributed by atoms with E-state index in [-0.39, 0.29) is 11.3 Å². The number of nitrogen functional groups attached to an aromatic ring is 1. The van der Waals surface area contributed by atoms with Crippen molar-refractivity contribution in [1.29, 1.82) is 10.5 Å². The molecule has 0 unspecified atom stereocenters. The second kappa shape index (κ2) is 5.57. The van der Waals surface area contributed by atoms with E-state index in [1.54, 1.807) is 16.7 Å². The number of benzene rings is 1. The Hall–Kier alpha value is -2.61. The zero-order valence-corrected chi connectivity index (χ0v) is 11.8. The lowest BCUT2D eigenvalue weighted by Crippen LogP contribution is -2.05. The number of anilines is 1. The van der Waals surface area contributed by atoms with Crippen molar-refractivity contribution in [2.75, 3.05) is 5.73 Å². The minimum absolute atomic E-state index is 0.0540. The fourth-order valence-electron chi connectivity index (χ4n) is 1.66. The van der Waals surface area contributed by atoms with Crippen LogP contribution in [0, 0.1) is 26.6 Å². The van der Waals surface area contributed by atoms with E-state index in [1.807, 2.05) is 30.3 Å². The molecule has 0 atom stereocenters. The molecule has 0 amide bonds. The number of rotatable bonds is 2. The molecule has 0 fully saturated rings. The Morgan fingerprint density at radius 3 is 2.35 bits per heavy atom. The van der Waals surface area contributed by atoms with Gasteiger partial charge in [0.2, 0.25) is 0 Å². The van der Waals surface area contributed by atoms with Gasteiger partial charge in [-0.25, -0.2) is 0 Å². The van der Waals surface area contributed by atoms with E-state index in [2.05, 4.69) is 0 Å². The number of allylic oxidation sites excluding steroid dienone is 1. The molecule has 0 bridgehead atoms. The van der Waals surface area contributed by atoms with Crippen LogP contribution in [0.5, 0.6) is 0 Å². The molecule has 2 rings (SSSR count). The average Bonchev–Trinajstić information content (AvgIpc) is 2.76. The molecule has 2 aromatic rings. The van der Waals surface area contributed by atoms with Crippen molar-refractivity contribution in [3.8, 4) is 17.8 Å². The van der Waals surface area contributed by atoms with Gasteiger partial charge >= 0.3 is 0 Å². The molecule has 0 aliphatic rings. The van der Waals surface area contributed by atoms with Crippen molar-refractivity contribution < 1.29 is 0 Å². The van der Waals surface area contributed by atoms with E-state index in [0.29, 0.717) is 14.6 Å². The van der Waals surface area contributed by atoms with Gasteiger partial charge in [-0.1, -0.05) is 18.2 Å². The first-order valence-electron chi connectivity index (χ1n) is 5.47. The van der Waals surface area contributed by atoms with Crippen LogP contribution >= 0.6 is 23.6 Å². The van der Waals surface area contributed by atoms with Gasteiger partial charge < -0.3 is 11.5 Å². The number of aromatic nitrogens is 1. The van der Waals surface area contributed by atoms with Gasteiger partial charge in [-0.3, -0.25) is 4.57 Å². The van der Waals surface area contributed by atoms with Crippen LogP contribution in [-0.2, 0) is 0 Å². The molecule has 0 saturated carbocycles. The average molecular weight is 299 g/mol. The Morgan fingerprint density at radius 1 is 1.20 bits per heavy atom. The highest BCUT2D eigenvalue weighted by atomic mass is 32.1. The van der Waals surface area contributed by atoms with Gasteiger partial charge in [0.1, 0.15) is 18.0 Å². The van der Waals surface area contributed by atoms with Crippen molar-refractivity contribution in [2.24, 2.45) is 5.73 Å². The zero-order chi connectivity index (χ0) is 14.7. The molecule has 1 aromatic heterocycles. The summed E-state index contributed by atoms with van der Waals surface area (Å²) in [5, 5.41) is 17.7. The van der Waals surface area contributed by atoms with Gasteiger partial charge in [-0.05, 0) is 24.4 Å². The van der Waals surface area contributed by atoms with Crippen LogP contribution in [0.4, 0.5) is 5.82 Å². The molecular weight excluding hydrogens is 290 g/mol. The maximum atomic E-state index is 8.86. The van der Waals surface area contributed by atoms with E-state index in [0.717, 1.165) is 5.69 Å². The van der Waals surface area contributed by atoms with Crippen molar-refractivity contribution in [3.05, 3.63) is 44.7 Å². The van der Waals surface area contributed by atoms with Crippen molar-refractivity contribution in [3.63, 3.8) is 0 Å². The maximum absolute atomic E-state index is 8.86. The molecule has 1 heterocycles. The predicted octanol–water partition coefficient (Wildman–Crippen LogP) is 2.57. The van der Waals surface area contributed by atoms with E-state index < -0.39 is 0 Å². The molecule has 98 valence electrons. The van der Waals surface area contributed by atoms with E-state index in [1.165, 1.54) is 11.3 Å². The van der Waals surface area contributed by atoms with E-state index in [4.69, 9.17) is 34.2 Å². The highest BCUT2D eigenvalue weighted by molar-refractivity contribution is 7.73. The highest BCUT2D eigenvalue weighted by Gasteiger charge is 2.16. The minimum Gasteiger partial charge on any atom is -0.396 e. The zero-order valence-electron chi connectivity index (χ0n) is 10.2. The van der Waals surface area contributed by atoms with Crippen LogP contribution < -0.4 is 11.5 Å². The van der Waals surface area contributed by atoms with E-state index >= 15 is 0 Å². The Labute approximate surface area is 124 Å². The van der Waals surface area contributed by atoms with Crippen LogP contribution in [0.15, 0.2) is 35.9 Å². The van der Waals surface area contributed by atoms with Crippen LogP contribution in [0.25, 0.3) is 11.4 Å². The number of hydrogen-bond donors (Lipinski definition) is 2. The van der Waals surface area contributed by atoms with Gasteiger partial charge in [0.25, 0.3) is 0 Å². The molecular formula is C13H9N5S2. The third-order valence-electron chi connectivity index (χ3n) is 2.60. The van der Waals surface area contributed by atoms with Gasteiger partial charge in [0, 0.05) is 5.69 Å². The molecule has 0 aliphatic carbocycles. The Bertz CT molecular complexity index is 799. The van der Waals surface area contributed by atoms with Gasteiger partial charge in [-0.2, -0.15) is 10.5 Å². The Morgan fingerprint density at radius 2 is 1.80 bits per heavy atom. The summed E-state index contributed by atoms with van der Waals surface area (Å²) in [5.41, 5.74) is 12.6. The van der Waals surface area contributed by atoms with Gasteiger partial charge in [0.15, 0.2) is 9.53 Å². The number of hydrogen-bond acceptors (Lipinski definition) is 6. The lowest BCUT2D eigenvalue weighted by atomic mass is 10.2. The first kappa shape index (κ1) is 13.8. The Balaban J connectivity index is 2.70. The largest absolute Gasteiger partial charge is 0.396 e. The molecule has 20 heavy (non-hydrogen) atoms. The summed E-state index contributed by atoms with van der Waals surface area (Å²) in [7, 11) is 0. The third-order valence-corrected chi connectivity index (χ3v) is 4.02. The van der Waals surface area contributed by atoms with Crippen LogP contribution in [0.3, 0.4) is 0 Å².